The molecule has 2 fully saturated rings. The molecule has 4 atom stereocenters. The van der Waals surface area contributed by atoms with Gasteiger partial charge in [0, 0.05) is 6.20 Å². The molecule has 2 aromatic heterocycles. The molecule has 0 spiro atoms. The van der Waals surface area contributed by atoms with Crippen LogP contribution in [0.25, 0.3) is 11.0 Å². The van der Waals surface area contributed by atoms with Crippen LogP contribution in [-0.2, 0) is 18.6 Å². The van der Waals surface area contributed by atoms with Crippen LogP contribution in [0.15, 0.2) is 18.6 Å². The first-order valence-corrected chi connectivity index (χ1v) is 13.3. The molecular formula is C20H30ClN3O4Si. The molecule has 4 heterocycles. The summed E-state index contributed by atoms with van der Waals surface area (Å²) in [4.78, 5) is 8.47. The number of fused-ring (bicyclic) bond motifs is 2. The van der Waals surface area contributed by atoms with E-state index in [4.69, 9.17) is 30.2 Å². The van der Waals surface area contributed by atoms with E-state index in [1.54, 1.807) is 0 Å². The molecule has 0 saturated carbocycles. The molecule has 4 rings (SSSR count). The van der Waals surface area contributed by atoms with Crippen LogP contribution < -0.4 is 0 Å². The van der Waals surface area contributed by atoms with Gasteiger partial charge in [-0.15, -0.1) is 0 Å². The van der Waals surface area contributed by atoms with Crippen LogP contribution in [0.1, 0.15) is 40.8 Å². The lowest BCUT2D eigenvalue weighted by Crippen LogP contribution is -2.44. The van der Waals surface area contributed by atoms with E-state index in [0.29, 0.717) is 17.4 Å². The summed E-state index contributed by atoms with van der Waals surface area (Å²) in [5.74, 6) is -0.678. The molecule has 0 amide bonds. The smallest absolute Gasteiger partial charge is 0.192 e. The zero-order chi connectivity index (χ0) is 21.2. The Morgan fingerprint density at radius 3 is 2.59 bits per heavy atom. The van der Waals surface area contributed by atoms with E-state index in [2.05, 4.69) is 43.8 Å². The summed E-state index contributed by atoms with van der Waals surface area (Å²) in [6.07, 6.45) is 2.30. The number of hydrogen-bond acceptors (Lipinski definition) is 6. The molecule has 2 aliphatic rings. The van der Waals surface area contributed by atoms with Crippen LogP contribution in [-0.4, -0.2) is 53.6 Å². The Hall–Kier alpha value is -1.03. The van der Waals surface area contributed by atoms with Crippen molar-refractivity contribution in [2.45, 2.75) is 83.1 Å². The fourth-order valence-electron chi connectivity index (χ4n) is 3.67. The maximum absolute atomic E-state index is 6.45. The lowest BCUT2D eigenvalue weighted by atomic mass is 10.1. The fourth-order valence-corrected chi connectivity index (χ4v) is 4.87. The van der Waals surface area contributed by atoms with Crippen molar-refractivity contribution < 1.29 is 18.6 Å². The quantitative estimate of drug-likeness (QED) is 0.515. The Balaban J connectivity index is 1.62. The summed E-state index contributed by atoms with van der Waals surface area (Å²) in [7, 11) is -1.91. The highest BCUT2D eigenvalue weighted by Gasteiger charge is 2.56. The summed E-state index contributed by atoms with van der Waals surface area (Å²) < 4.78 is 27.3. The molecule has 160 valence electrons. The second kappa shape index (κ2) is 7.00. The molecule has 9 heteroatoms. The minimum absolute atomic E-state index is 0.126. The van der Waals surface area contributed by atoms with Crippen molar-refractivity contribution in [3.63, 3.8) is 0 Å². The number of rotatable bonds is 4. The van der Waals surface area contributed by atoms with Crippen LogP contribution in [0.3, 0.4) is 0 Å². The molecule has 0 unspecified atom stereocenters. The van der Waals surface area contributed by atoms with Gasteiger partial charge in [-0.2, -0.15) is 0 Å². The second-order valence-electron chi connectivity index (χ2n) is 9.83. The van der Waals surface area contributed by atoms with E-state index in [1.807, 2.05) is 30.7 Å². The number of hydrogen-bond donors (Lipinski definition) is 0. The molecule has 7 nitrogen and oxygen atoms in total. The minimum Gasteiger partial charge on any atom is -0.414 e. The van der Waals surface area contributed by atoms with Gasteiger partial charge >= 0.3 is 0 Å². The van der Waals surface area contributed by atoms with E-state index in [9.17, 15) is 0 Å². The first-order chi connectivity index (χ1) is 13.4. The summed E-state index contributed by atoms with van der Waals surface area (Å²) in [5.41, 5.74) is 0.716. The van der Waals surface area contributed by atoms with Crippen molar-refractivity contribution in [3.05, 3.63) is 23.7 Å². The van der Waals surface area contributed by atoms with Crippen molar-refractivity contribution in [2.24, 2.45) is 0 Å². The van der Waals surface area contributed by atoms with Gasteiger partial charge in [-0.3, -0.25) is 0 Å². The molecule has 0 N–H and O–H groups in total. The average molecular weight is 440 g/mol. The topological polar surface area (TPSA) is 67.6 Å². The third kappa shape index (κ3) is 3.75. The van der Waals surface area contributed by atoms with Crippen LogP contribution in [0, 0.1) is 0 Å². The van der Waals surface area contributed by atoms with Gasteiger partial charge in [-0.25, -0.2) is 9.97 Å². The predicted molar refractivity (Wildman–Crippen MR) is 113 cm³/mol. The van der Waals surface area contributed by atoms with Crippen LogP contribution in [0.5, 0.6) is 0 Å². The first kappa shape index (κ1) is 21.2. The van der Waals surface area contributed by atoms with Gasteiger partial charge < -0.3 is 23.2 Å². The van der Waals surface area contributed by atoms with Crippen molar-refractivity contribution in [2.75, 3.05) is 6.61 Å². The lowest BCUT2D eigenvalue weighted by Gasteiger charge is -2.37. The van der Waals surface area contributed by atoms with Gasteiger partial charge in [0.1, 0.15) is 35.4 Å². The highest BCUT2D eigenvalue weighted by atomic mass is 35.5. The number of ether oxygens (including phenoxy) is 3. The van der Waals surface area contributed by atoms with E-state index in [1.165, 1.54) is 6.33 Å². The minimum atomic E-state index is -1.91. The highest BCUT2D eigenvalue weighted by Crippen LogP contribution is 2.45. The zero-order valence-corrected chi connectivity index (χ0v) is 19.9. The van der Waals surface area contributed by atoms with Gasteiger partial charge in [-0.05, 0) is 38.0 Å². The predicted octanol–water partition coefficient (Wildman–Crippen LogP) is 4.52. The number of halogens is 1. The van der Waals surface area contributed by atoms with Crippen LogP contribution >= 0.6 is 11.6 Å². The zero-order valence-electron chi connectivity index (χ0n) is 18.1. The van der Waals surface area contributed by atoms with Gasteiger partial charge in [-0.1, -0.05) is 32.4 Å². The Morgan fingerprint density at radius 2 is 1.90 bits per heavy atom. The van der Waals surface area contributed by atoms with E-state index in [-0.39, 0.29) is 29.6 Å². The summed E-state index contributed by atoms with van der Waals surface area (Å²) in [6, 6.07) is 1.90. The fraction of sp³-hybridized carbons (Fsp3) is 0.700. The molecule has 2 saturated heterocycles. The standard InChI is InChI=1S/C20H30ClN3O4Si/c1-19(2,3)29(6,7)25-10-13-14-15(28-20(4,5)27-14)18(26-13)24-9-8-12-16(21)22-11-23-17(12)24/h8-9,11,13-15,18H,10H2,1-7H3/t13-,14-,15-,18+/m1/s1. The number of aromatic nitrogens is 3. The maximum Gasteiger partial charge on any atom is 0.192 e. The van der Waals surface area contributed by atoms with E-state index in [0.717, 1.165) is 5.39 Å². The lowest BCUT2D eigenvalue weighted by molar-refractivity contribution is -0.199. The third-order valence-electron chi connectivity index (χ3n) is 6.27. The molecule has 2 aliphatic heterocycles. The van der Waals surface area contributed by atoms with E-state index >= 15 is 0 Å². The van der Waals surface area contributed by atoms with Gasteiger partial charge in [0.25, 0.3) is 0 Å². The van der Waals surface area contributed by atoms with Crippen LogP contribution in [0.4, 0.5) is 0 Å². The highest BCUT2D eigenvalue weighted by molar-refractivity contribution is 6.74. The summed E-state index contributed by atoms with van der Waals surface area (Å²) in [5, 5.41) is 1.33. The number of nitrogens with zero attached hydrogens (tertiary/aromatic N) is 3. The molecule has 0 bridgehead atoms. The Labute approximate surface area is 177 Å². The van der Waals surface area contributed by atoms with Gasteiger partial charge in [0.2, 0.25) is 0 Å². The van der Waals surface area contributed by atoms with Crippen molar-refractivity contribution in [1.82, 2.24) is 14.5 Å². The Morgan fingerprint density at radius 1 is 1.21 bits per heavy atom. The van der Waals surface area contributed by atoms with Crippen molar-refractivity contribution in [3.8, 4) is 0 Å². The molecule has 0 aliphatic carbocycles. The summed E-state index contributed by atoms with van der Waals surface area (Å²) >= 11 is 6.23. The monoisotopic (exact) mass is 439 g/mol. The normalized spacial score (nSPS) is 29.5. The molecule has 0 aromatic carbocycles. The molecule has 0 radical (unpaired) electrons. The van der Waals surface area contributed by atoms with Crippen LogP contribution in [0.2, 0.25) is 23.3 Å². The van der Waals surface area contributed by atoms with Gasteiger partial charge in [0.05, 0.1) is 12.0 Å². The maximum atomic E-state index is 6.45. The average Bonchev–Trinajstić information content (AvgIpc) is 3.24. The SMILES string of the molecule is CC1(C)O[C@@H]2[C@H](O1)[C@@H](CO[Si](C)(C)C(C)(C)C)O[C@@H]2n1ccc2c(Cl)ncnc21. The molecule has 2 aromatic rings. The third-order valence-corrected chi connectivity index (χ3v) is 11.1. The molecule has 29 heavy (non-hydrogen) atoms. The summed E-state index contributed by atoms with van der Waals surface area (Å²) in [6.45, 7) is 15.5. The molecular weight excluding hydrogens is 410 g/mol. The first-order valence-electron chi connectivity index (χ1n) is 10.0. The van der Waals surface area contributed by atoms with Gasteiger partial charge in [0.15, 0.2) is 20.3 Å². The van der Waals surface area contributed by atoms with E-state index < -0.39 is 14.1 Å². The largest absolute Gasteiger partial charge is 0.414 e. The van der Waals surface area contributed by atoms with Crippen molar-refractivity contribution >= 4 is 31.0 Å². The second-order valence-corrected chi connectivity index (χ2v) is 15.0. The Bertz CT molecular complexity index is 911. The Kier molecular flexibility index (Phi) is 5.12. The van der Waals surface area contributed by atoms with Crippen molar-refractivity contribution in [1.29, 1.82) is 0 Å².